The summed E-state index contributed by atoms with van der Waals surface area (Å²) in [6, 6.07) is 12.8. The lowest BCUT2D eigenvalue weighted by Gasteiger charge is -2.36. The van der Waals surface area contributed by atoms with Crippen LogP contribution in [0.25, 0.3) is 10.9 Å². The van der Waals surface area contributed by atoms with Crippen molar-refractivity contribution in [3.8, 4) is 0 Å². The maximum Gasteiger partial charge on any atom is 0.118 e. The Bertz CT molecular complexity index is 820. The van der Waals surface area contributed by atoms with E-state index in [1.807, 2.05) is 17.5 Å². The van der Waals surface area contributed by atoms with Gasteiger partial charge in [0.1, 0.15) is 5.67 Å². The molecule has 1 aliphatic heterocycles. The maximum atomic E-state index is 13.9. The summed E-state index contributed by atoms with van der Waals surface area (Å²) in [6.45, 7) is 6.80. The summed E-state index contributed by atoms with van der Waals surface area (Å²) in [5, 5.41) is 3.35. The second kappa shape index (κ2) is 7.60. The van der Waals surface area contributed by atoms with Gasteiger partial charge in [-0.25, -0.2) is 4.39 Å². The van der Waals surface area contributed by atoms with Crippen LogP contribution < -0.4 is 0 Å². The molecular formula is C20H24BrFN2S. The number of para-hydroxylation sites is 1. The van der Waals surface area contributed by atoms with E-state index in [1.165, 1.54) is 25.9 Å². The Hall–Kier alpha value is -1.17. The number of hydrogen-bond acceptors (Lipinski definition) is 2. The van der Waals surface area contributed by atoms with Crippen LogP contribution in [0.3, 0.4) is 0 Å². The van der Waals surface area contributed by atoms with E-state index in [0.717, 1.165) is 13.0 Å². The highest BCUT2D eigenvalue weighted by atomic mass is 79.9. The van der Waals surface area contributed by atoms with Crippen LogP contribution in [0.2, 0.25) is 0 Å². The Morgan fingerprint density at radius 2 is 2.04 bits per heavy atom. The molecule has 0 spiro atoms. The van der Waals surface area contributed by atoms with Crippen molar-refractivity contribution in [1.29, 1.82) is 0 Å². The molecule has 1 atom stereocenters. The predicted molar refractivity (Wildman–Crippen MR) is 109 cm³/mol. The largest absolute Gasteiger partial charge is 0.357 e. The van der Waals surface area contributed by atoms with Crippen LogP contribution in [0.1, 0.15) is 32.0 Å². The molecule has 1 N–H and O–H groups in total. The number of nitrogens with zero attached hydrogens (tertiary/aromatic N) is 1. The molecule has 0 fully saturated rings. The van der Waals surface area contributed by atoms with Gasteiger partial charge in [0.05, 0.1) is 3.79 Å². The third-order valence-electron chi connectivity index (χ3n) is 4.45. The van der Waals surface area contributed by atoms with Crippen molar-refractivity contribution in [2.45, 2.75) is 45.4 Å². The number of alkyl halides is 1. The quantitative estimate of drug-likeness (QED) is 0.522. The molecule has 0 aliphatic carbocycles. The van der Waals surface area contributed by atoms with E-state index in [4.69, 9.17) is 0 Å². The predicted octanol–water partition coefficient (Wildman–Crippen LogP) is 6.17. The van der Waals surface area contributed by atoms with Crippen molar-refractivity contribution in [2.75, 3.05) is 6.54 Å². The van der Waals surface area contributed by atoms with Crippen LogP contribution in [-0.4, -0.2) is 28.1 Å². The molecule has 0 bridgehead atoms. The minimum Gasteiger partial charge on any atom is -0.357 e. The molecule has 2 nitrogen and oxygen atoms in total. The van der Waals surface area contributed by atoms with E-state index in [1.54, 1.807) is 25.2 Å². The summed E-state index contributed by atoms with van der Waals surface area (Å²) in [5.74, 6) is 0. The number of aromatic nitrogens is 1. The van der Waals surface area contributed by atoms with Gasteiger partial charge >= 0.3 is 0 Å². The molecule has 134 valence electrons. The second-order valence-electron chi connectivity index (χ2n) is 7.22. The summed E-state index contributed by atoms with van der Waals surface area (Å²) < 4.78 is 15.1. The lowest BCUT2D eigenvalue weighted by Crippen LogP contribution is -2.44. The fraction of sp³-hybridized carbons (Fsp3) is 0.400. The number of rotatable bonds is 2. The molecule has 3 aromatic rings. The first-order chi connectivity index (χ1) is 11.8. The van der Waals surface area contributed by atoms with E-state index >= 15 is 0 Å². The van der Waals surface area contributed by atoms with E-state index in [-0.39, 0.29) is 0 Å². The number of halogens is 2. The summed E-state index contributed by atoms with van der Waals surface area (Å²) in [7, 11) is 0. The SMILES string of the molecule is Brc1cccs1.CC1Cc2c([nH]c3ccccc23)CN1CC(C)(C)F. The van der Waals surface area contributed by atoms with Gasteiger partial charge < -0.3 is 4.98 Å². The molecule has 3 heterocycles. The fourth-order valence-electron chi connectivity index (χ4n) is 3.36. The van der Waals surface area contributed by atoms with Crippen LogP contribution in [0, 0.1) is 0 Å². The molecule has 1 unspecified atom stereocenters. The van der Waals surface area contributed by atoms with Gasteiger partial charge in [-0.15, -0.1) is 11.3 Å². The summed E-state index contributed by atoms with van der Waals surface area (Å²) in [4.78, 5) is 5.72. The lowest BCUT2D eigenvalue weighted by atomic mass is 9.96. The number of aromatic amines is 1. The highest BCUT2D eigenvalue weighted by molar-refractivity contribution is 9.11. The topological polar surface area (TPSA) is 19.0 Å². The molecule has 5 heteroatoms. The van der Waals surface area contributed by atoms with Crippen molar-refractivity contribution in [1.82, 2.24) is 9.88 Å². The fourth-order valence-corrected chi connectivity index (χ4v) is 4.28. The highest BCUT2D eigenvalue weighted by Crippen LogP contribution is 2.31. The lowest BCUT2D eigenvalue weighted by molar-refractivity contribution is 0.0853. The van der Waals surface area contributed by atoms with E-state index in [2.05, 4.69) is 57.0 Å². The standard InChI is InChI=1S/C16H21FN2.C4H3BrS/c1-11-8-13-12-6-4-5-7-14(12)18-15(13)9-19(11)10-16(2,3)17;5-4-2-1-3-6-4/h4-7,11,18H,8-10H2,1-3H3;1-3H. The van der Waals surface area contributed by atoms with Crippen molar-refractivity contribution in [3.05, 3.63) is 56.8 Å². The van der Waals surface area contributed by atoms with Gasteiger partial charge in [0.25, 0.3) is 0 Å². The van der Waals surface area contributed by atoms with Crippen molar-refractivity contribution in [2.24, 2.45) is 0 Å². The minimum atomic E-state index is -1.14. The van der Waals surface area contributed by atoms with Gasteiger partial charge in [-0.05, 0) is 66.2 Å². The third-order valence-corrected chi connectivity index (χ3v) is 5.93. The molecule has 2 aromatic heterocycles. The molecule has 25 heavy (non-hydrogen) atoms. The molecule has 4 rings (SSSR count). The Balaban J connectivity index is 0.000000258. The molecule has 0 amide bonds. The van der Waals surface area contributed by atoms with Gasteiger partial charge in [-0.2, -0.15) is 0 Å². The van der Waals surface area contributed by atoms with E-state index < -0.39 is 5.67 Å². The van der Waals surface area contributed by atoms with Crippen molar-refractivity contribution >= 4 is 38.2 Å². The Morgan fingerprint density at radius 1 is 1.28 bits per heavy atom. The highest BCUT2D eigenvalue weighted by Gasteiger charge is 2.30. The van der Waals surface area contributed by atoms with Crippen molar-refractivity contribution in [3.63, 3.8) is 0 Å². The zero-order chi connectivity index (χ0) is 18.0. The van der Waals surface area contributed by atoms with Gasteiger partial charge in [-0.1, -0.05) is 24.3 Å². The average molecular weight is 423 g/mol. The summed E-state index contributed by atoms with van der Waals surface area (Å²) >= 11 is 4.99. The van der Waals surface area contributed by atoms with Gasteiger partial charge in [0.2, 0.25) is 0 Å². The van der Waals surface area contributed by atoms with E-state index in [9.17, 15) is 4.39 Å². The Morgan fingerprint density at radius 3 is 2.64 bits per heavy atom. The smallest absolute Gasteiger partial charge is 0.118 e. The van der Waals surface area contributed by atoms with E-state index in [0.29, 0.717) is 12.6 Å². The Labute approximate surface area is 161 Å². The molecule has 1 aliphatic rings. The van der Waals surface area contributed by atoms with Gasteiger partial charge in [0, 0.05) is 35.7 Å². The minimum absolute atomic E-state index is 0.390. The van der Waals surface area contributed by atoms with Crippen molar-refractivity contribution < 1.29 is 4.39 Å². The summed E-state index contributed by atoms with van der Waals surface area (Å²) in [5.41, 5.74) is 2.72. The van der Waals surface area contributed by atoms with Crippen LogP contribution in [0.15, 0.2) is 45.6 Å². The number of hydrogen-bond donors (Lipinski definition) is 1. The second-order valence-corrected chi connectivity index (χ2v) is 9.55. The zero-order valence-corrected chi connectivity index (χ0v) is 17.3. The third kappa shape index (κ3) is 4.72. The monoisotopic (exact) mass is 422 g/mol. The number of thiophene rings is 1. The molecule has 1 aromatic carbocycles. The number of H-pyrrole nitrogens is 1. The molecular weight excluding hydrogens is 399 g/mol. The first-order valence-electron chi connectivity index (χ1n) is 8.54. The van der Waals surface area contributed by atoms with Crippen LogP contribution in [0.4, 0.5) is 4.39 Å². The van der Waals surface area contributed by atoms with Crippen LogP contribution in [0.5, 0.6) is 0 Å². The average Bonchev–Trinajstić information content (AvgIpc) is 3.14. The van der Waals surface area contributed by atoms with Gasteiger partial charge in [-0.3, -0.25) is 4.90 Å². The Kier molecular flexibility index (Phi) is 5.66. The number of nitrogens with one attached hydrogen (secondary N) is 1. The summed E-state index contributed by atoms with van der Waals surface area (Å²) in [6.07, 6.45) is 0.995. The zero-order valence-electron chi connectivity index (χ0n) is 14.9. The van der Waals surface area contributed by atoms with Crippen LogP contribution in [-0.2, 0) is 13.0 Å². The first-order valence-corrected chi connectivity index (χ1v) is 10.2. The molecule has 0 saturated heterocycles. The van der Waals surface area contributed by atoms with Crippen LogP contribution >= 0.6 is 27.3 Å². The van der Waals surface area contributed by atoms with Gasteiger partial charge in [0.15, 0.2) is 0 Å². The normalized spacial score (nSPS) is 17.9. The molecule has 0 radical (unpaired) electrons. The maximum absolute atomic E-state index is 13.9. The number of fused-ring (bicyclic) bond motifs is 3. The number of benzene rings is 1. The molecule has 0 saturated carbocycles. The first kappa shape index (κ1) is 18.6.